The smallest absolute Gasteiger partial charge is 0.358 e. The molecule has 1 atom stereocenters. The highest BCUT2D eigenvalue weighted by atomic mass is 16.4. The van der Waals surface area contributed by atoms with Crippen LogP contribution in [-0.4, -0.2) is 26.1 Å². The summed E-state index contributed by atoms with van der Waals surface area (Å²) in [6.45, 7) is 5.03. The molecular formula is C10H18N4O2. The average Bonchev–Trinajstić information content (AvgIpc) is 2.61. The van der Waals surface area contributed by atoms with E-state index in [4.69, 9.17) is 10.8 Å². The van der Waals surface area contributed by atoms with E-state index in [1.54, 1.807) is 4.68 Å². The number of rotatable bonds is 6. The molecule has 16 heavy (non-hydrogen) atoms. The normalized spacial score (nSPS) is 12.7. The summed E-state index contributed by atoms with van der Waals surface area (Å²) < 4.78 is 1.60. The maximum Gasteiger partial charge on any atom is 0.358 e. The molecule has 1 aromatic rings. The van der Waals surface area contributed by atoms with Gasteiger partial charge in [0, 0.05) is 13.1 Å². The zero-order valence-electron chi connectivity index (χ0n) is 9.68. The highest BCUT2D eigenvalue weighted by molar-refractivity contribution is 5.86. The van der Waals surface area contributed by atoms with Crippen LogP contribution in [0.15, 0.2) is 0 Å². The molecule has 0 aliphatic heterocycles. The van der Waals surface area contributed by atoms with Crippen LogP contribution in [0.25, 0.3) is 0 Å². The minimum atomic E-state index is -1.07. The van der Waals surface area contributed by atoms with Gasteiger partial charge < -0.3 is 10.8 Å². The number of aromatic carboxylic acids is 1. The third-order valence-electron chi connectivity index (χ3n) is 2.50. The third kappa shape index (κ3) is 2.79. The fraction of sp³-hybridized carbons (Fsp3) is 0.700. The van der Waals surface area contributed by atoms with E-state index in [1.807, 2.05) is 0 Å². The number of carboxylic acid groups (broad SMARTS) is 1. The number of aromatic nitrogens is 3. The number of carboxylic acids is 1. The van der Waals surface area contributed by atoms with Gasteiger partial charge in [-0.2, -0.15) is 0 Å². The second-order valence-corrected chi connectivity index (χ2v) is 3.97. The lowest BCUT2D eigenvalue weighted by atomic mass is 10.1. The van der Waals surface area contributed by atoms with E-state index in [0.29, 0.717) is 18.2 Å². The van der Waals surface area contributed by atoms with Gasteiger partial charge in [-0.1, -0.05) is 25.5 Å². The summed E-state index contributed by atoms with van der Waals surface area (Å²) in [5.41, 5.74) is 5.98. The van der Waals surface area contributed by atoms with Gasteiger partial charge in [0.15, 0.2) is 5.69 Å². The number of nitrogens with zero attached hydrogens (tertiary/aromatic N) is 3. The summed E-state index contributed by atoms with van der Waals surface area (Å²) in [5.74, 6) is -0.631. The van der Waals surface area contributed by atoms with Crippen LogP contribution in [0, 0.1) is 5.92 Å². The highest BCUT2D eigenvalue weighted by Gasteiger charge is 2.18. The Morgan fingerprint density at radius 2 is 2.31 bits per heavy atom. The van der Waals surface area contributed by atoms with Crippen molar-refractivity contribution < 1.29 is 9.90 Å². The maximum atomic E-state index is 10.8. The van der Waals surface area contributed by atoms with Gasteiger partial charge in [0.1, 0.15) is 0 Å². The van der Waals surface area contributed by atoms with Gasteiger partial charge in [0.05, 0.1) is 5.69 Å². The number of hydrogen-bond acceptors (Lipinski definition) is 4. The molecule has 90 valence electrons. The van der Waals surface area contributed by atoms with E-state index in [0.717, 1.165) is 12.8 Å². The quantitative estimate of drug-likeness (QED) is 0.750. The van der Waals surface area contributed by atoms with E-state index in [1.165, 1.54) is 0 Å². The van der Waals surface area contributed by atoms with Gasteiger partial charge in [-0.15, -0.1) is 5.10 Å². The van der Waals surface area contributed by atoms with Crippen LogP contribution in [0.5, 0.6) is 0 Å². The summed E-state index contributed by atoms with van der Waals surface area (Å²) in [7, 11) is 0. The highest BCUT2D eigenvalue weighted by Crippen LogP contribution is 2.11. The molecule has 1 rings (SSSR count). The Bertz CT molecular complexity index is 362. The standard InChI is InChI=1S/C10H18N4O2/c1-3-4-7(2)6-14-8(5-11)9(10(15)16)12-13-14/h7H,3-6,11H2,1-2H3,(H,15,16). The molecule has 0 aliphatic carbocycles. The van der Waals surface area contributed by atoms with Crippen molar-refractivity contribution in [3.8, 4) is 0 Å². The van der Waals surface area contributed by atoms with Crippen LogP contribution >= 0.6 is 0 Å². The molecule has 0 fully saturated rings. The molecule has 0 spiro atoms. The average molecular weight is 226 g/mol. The van der Waals surface area contributed by atoms with E-state index < -0.39 is 5.97 Å². The SMILES string of the molecule is CCCC(C)Cn1nnc(C(=O)O)c1CN. The monoisotopic (exact) mass is 226 g/mol. The van der Waals surface area contributed by atoms with Crippen molar-refractivity contribution in [3.05, 3.63) is 11.4 Å². The van der Waals surface area contributed by atoms with Gasteiger partial charge in [-0.3, -0.25) is 0 Å². The Morgan fingerprint density at radius 3 is 2.81 bits per heavy atom. The molecule has 1 heterocycles. The largest absolute Gasteiger partial charge is 0.476 e. The molecule has 6 nitrogen and oxygen atoms in total. The van der Waals surface area contributed by atoms with Crippen molar-refractivity contribution in [3.63, 3.8) is 0 Å². The maximum absolute atomic E-state index is 10.8. The summed E-state index contributed by atoms with van der Waals surface area (Å²) in [4.78, 5) is 10.8. The van der Waals surface area contributed by atoms with Crippen molar-refractivity contribution in [1.82, 2.24) is 15.0 Å². The lowest BCUT2D eigenvalue weighted by Gasteiger charge is -2.11. The molecule has 0 saturated carbocycles. The zero-order chi connectivity index (χ0) is 12.1. The van der Waals surface area contributed by atoms with E-state index in [-0.39, 0.29) is 12.2 Å². The Labute approximate surface area is 94.4 Å². The first-order valence-corrected chi connectivity index (χ1v) is 5.45. The number of nitrogens with two attached hydrogens (primary N) is 1. The molecule has 1 unspecified atom stereocenters. The van der Waals surface area contributed by atoms with Crippen LogP contribution < -0.4 is 5.73 Å². The Hall–Kier alpha value is -1.43. The van der Waals surface area contributed by atoms with Crippen LogP contribution in [-0.2, 0) is 13.1 Å². The van der Waals surface area contributed by atoms with E-state index >= 15 is 0 Å². The molecule has 0 amide bonds. The van der Waals surface area contributed by atoms with Crippen molar-refractivity contribution in [2.45, 2.75) is 39.8 Å². The molecule has 1 aromatic heterocycles. The minimum Gasteiger partial charge on any atom is -0.476 e. The lowest BCUT2D eigenvalue weighted by molar-refractivity contribution is 0.0689. The Kier molecular flexibility index (Phi) is 4.42. The Morgan fingerprint density at radius 1 is 1.62 bits per heavy atom. The fourth-order valence-corrected chi connectivity index (χ4v) is 1.73. The Balaban J connectivity index is 2.84. The van der Waals surface area contributed by atoms with Crippen molar-refractivity contribution in [2.24, 2.45) is 11.7 Å². The first kappa shape index (κ1) is 12.6. The first-order chi connectivity index (χ1) is 7.60. The first-order valence-electron chi connectivity index (χ1n) is 5.45. The van der Waals surface area contributed by atoms with Crippen LogP contribution in [0.3, 0.4) is 0 Å². The number of carbonyl (C=O) groups is 1. The lowest BCUT2D eigenvalue weighted by Crippen LogP contribution is -2.16. The van der Waals surface area contributed by atoms with Crippen LogP contribution in [0.1, 0.15) is 42.9 Å². The molecule has 0 bridgehead atoms. The van der Waals surface area contributed by atoms with E-state index in [9.17, 15) is 4.79 Å². The van der Waals surface area contributed by atoms with Gasteiger partial charge in [-0.05, 0) is 12.3 Å². The predicted molar refractivity (Wildman–Crippen MR) is 58.9 cm³/mol. The molecular weight excluding hydrogens is 208 g/mol. The minimum absolute atomic E-state index is 0.0359. The molecule has 0 aromatic carbocycles. The van der Waals surface area contributed by atoms with Gasteiger partial charge in [-0.25, -0.2) is 9.48 Å². The third-order valence-corrected chi connectivity index (χ3v) is 2.50. The van der Waals surface area contributed by atoms with Gasteiger partial charge >= 0.3 is 5.97 Å². The summed E-state index contributed by atoms with van der Waals surface area (Å²) in [6, 6.07) is 0. The summed E-state index contributed by atoms with van der Waals surface area (Å²) in [5, 5.41) is 16.3. The van der Waals surface area contributed by atoms with Crippen LogP contribution in [0.4, 0.5) is 0 Å². The second-order valence-electron chi connectivity index (χ2n) is 3.97. The zero-order valence-corrected chi connectivity index (χ0v) is 9.68. The fourth-order valence-electron chi connectivity index (χ4n) is 1.73. The van der Waals surface area contributed by atoms with Gasteiger partial charge in [0.25, 0.3) is 0 Å². The van der Waals surface area contributed by atoms with Crippen molar-refractivity contribution in [2.75, 3.05) is 0 Å². The topological polar surface area (TPSA) is 94.0 Å². The van der Waals surface area contributed by atoms with Gasteiger partial charge in [0.2, 0.25) is 0 Å². The molecule has 0 radical (unpaired) electrons. The molecule has 3 N–H and O–H groups in total. The van der Waals surface area contributed by atoms with Crippen molar-refractivity contribution >= 4 is 5.97 Å². The second kappa shape index (κ2) is 5.60. The number of hydrogen-bond donors (Lipinski definition) is 2. The summed E-state index contributed by atoms with van der Waals surface area (Å²) >= 11 is 0. The molecule has 6 heteroatoms. The molecule has 0 saturated heterocycles. The summed E-state index contributed by atoms with van der Waals surface area (Å²) in [6.07, 6.45) is 2.17. The molecule has 0 aliphatic rings. The predicted octanol–water partition coefficient (Wildman–Crippen LogP) is 0.871. The van der Waals surface area contributed by atoms with Crippen molar-refractivity contribution in [1.29, 1.82) is 0 Å². The van der Waals surface area contributed by atoms with Crippen LogP contribution in [0.2, 0.25) is 0 Å². The van der Waals surface area contributed by atoms with E-state index in [2.05, 4.69) is 24.2 Å².